The fourth-order valence-electron chi connectivity index (χ4n) is 1.08. The summed E-state index contributed by atoms with van der Waals surface area (Å²) >= 11 is 0. The van der Waals surface area contributed by atoms with Crippen LogP contribution < -0.4 is 10.6 Å². The SMILES string of the molecule is CC(C)(C)NCCC(=O)NCC(C)(C)S(C)(=O)=O. The molecule has 0 radical (unpaired) electrons. The van der Waals surface area contributed by atoms with Gasteiger partial charge in [0.2, 0.25) is 5.91 Å². The first-order chi connectivity index (χ1) is 7.85. The van der Waals surface area contributed by atoms with E-state index in [1.54, 1.807) is 13.8 Å². The van der Waals surface area contributed by atoms with E-state index >= 15 is 0 Å². The minimum atomic E-state index is -3.17. The van der Waals surface area contributed by atoms with E-state index in [0.717, 1.165) is 0 Å². The van der Waals surface area contributed by atoms with Crippen LogP contribution in [-0.2, 0) is 14.6 Å². The summed E-state index contributed by atoms with van der Waals surface area (Å²) in [6.07, 6.45) is 1.53. The van der Waals surface area contributed by atoms with Crippen molar-refractivity contribution in [2.24, 2.45) is 0 Å². The van der Waals surface area contributed by atoms with Gasteiger partial charge in [-0.05, 0) is 34.6 Å². The Morgan fingerprint density at radius 1 is 1.11 bits per heavy atom. The average molecular weight is 278 g/mol. The van der Waals surface area contributed by atoms with E-state index < -0.39 is 14.6 Å². The summed E-state index contributed by atoms with van der Waals surface area (Å²) in [4.78, 5) is 11.6. The van der Waals surface area contributed by atoms with Crippen molar-refractivity contribution in [1.29, 1.82) is 0 Å². The molecule has 0 rings (SSSR count). The zero-order valence-corrected chi connectivity index (χ0v) is 13.1. The Morgan fingerprint density at radius 2 is 1.61 bits per heavy atom. The zero-order valence-electron chi connectivity index (χ0n) is 12.3. The van der Waals surface area contributed by atoms with E-state index in [1.165, 1.54) is 6.26 Å². The predicted octanol–water partition coefficient (Wildman–Crippen LogP) is 0.704. The molecule has 0 atom stereocenters. The Morgan fingerprint density at radius 3 is 2.00 bits per heavy atom. The molecule has 0 saturated carbocycles. The van der Waals surface area contributed by atoms with Crippen molar-refractivity contribution in [1.82, 2.24) is 10.6 Å². The van der Waals surface area contributed by atoms with Crippen LogP contribution in [0.5, 0.6) is 0 Å². The molecule has 1 amide bonds. The minimum absolute atomic E-state index is 0.0215. The summed E-state index contributed by atoms with van der Waals surface area (Å²) in [5, 5.41) is 5.86. The van der Waals surface area contributed by atoms with Gasteiger partial charge in [-0.25, -0.2) is 8.42 Å². The molecular formula is C12H26N2O3S. The number of sulfone groups is 1. The van der Waals surface area contributed by atoms with Crippen LogP contribution in [0.15, 0.2) is 0 Å². The number of carbonyl (C=O) groups is 1. The fraction of sp³-hybridized carbons (Fsp3) is 0.917. The van der Waals surface area contributed by atoms with Crippen LogP contribution in [0.2, 0.25) is 0 Å². The Kier molecular flexibility index (Phi) is 5.81. The van der Waals surface area contributed by atoms with E-state index in [1.807, 2.05) is 20.8 Å². The zero-order chi connectivity index (χ0) is 14.6. The van der Waals surface area contributed by atoms with Crippen LogP contribution in [0.25, 0.3) is 0 Å². The van der Waals surface area contributed by atoms with Gasteiger partial charge in [0.05, 0.1) is 4.75 Å². The molecule has 0 spiro atoms. The van der Waals surface area contributed by atoms with Crippen molar-refractivity contribution in [3.63, 3.8) is 0 Å². The third-order valence-corrected chi connectivity index (χ3v) is 4.87. The van der Waals surface area contributed by atoms with Crippen LogP contribution in [0.1, 0.15) is 41.0 Å². The number of hydrogen-bond donors (Lipinski definition) is 2. The van der Waals surface area contributed by atoms with Gasteiger partial charge in [0.25, 0.3) is 0 Å². The molecule has 0 aromatic heterocycles. The maximum atomic E-state index is 11.6. The Bertz CT molecular complexity index is 381. The van der Waals surface area contributed by atoms with E-state index in [9.17, 15) is 13.2 Å². The topological polar surface area (TPSA) is 75.3 Å². The van der Waals surface area contributed by atoms with Gasteiger partial charge in [-0.1, -0.05) is 0 Å². The molecule has 0 aliphatic rings. The van der Waals surface area contributed by atoms with Gasteiger partial charge in [-0.3, -0.25) is 4.79 Å². The van der Waals surface area contributed by atoms with Crippen molar-refractivity contribution >= 4 is 15.7 Å². The molecule has 0 aliphatic carbocycles. The van der Waals surface area contributed by atoms with Crippen LogP contribution >= 0.6 is 0 Å². The van der Waals surface area contributed by atoms with Crippen LogP contribution in [0, 0.1) is 0 Å². The summed E-state index contributed by atoms with van der Waals surface area (Å²) in [5.41, 5.74) is -0.0215. The van der Waals surface area contributed by atoms with Gasteiger partial charge in [-0.15, -0.1) is 0 Å². The van der Waals surface area contributed by atoms with Gasteiger partial charge in [0, 0.05) is 31.3 Å². The maximum absolute atomic E-state index is 11.6. The second kappa shape index (κ2) is 6.02. The first-order valence-corrected chi connectivity index (χ1v) is 7.96. The third-order valence-electron chi connectivity index (χ3n) is 2.72. The first-order valence-electron chi connectivity index (χ1n) is 6.06. The highest BCUT2D eigenvalue weighted by Gasteiger charge is 2.30. The van der Waals surface area contributed by atoms with Gasteiger partial charge >= 0.3 is 0 Å². The second-order valence-corrected chi connectivity index (χ2v) is 8.88. The molecular weight excluding hydrogens is 252 g/mol. The number of rotatable bonds is 6. The van der Waals surface area contributed by atoms with Crippen molar-refractivity contribution in [3.05, 3.63) is 0 Å². The molecule has 0 aromatic carbocycles. The molecule has 0 bridgehead atoms. The number of carbonyl (C=O) groups excluding carboxylic acids is 1. The Labute approximate surface area is 111 Å². The quantitative estimate of drug-likeness (QED) is 0.750. The highest BCUT2D eigenvalue weighted by atomic mass is 32.2. The molecule has 0 aliphatic heterocycles. The minimum Gasteiger partial charge on any atom is -0.354 e. The van der Waals surface area contributed by atoms with Crippen LogP contribution in [0.3, 0.4) is 0 Å². The van der Waals surface area contributed by atoms with Crippen LogP contribution in [-0.4, -0.2) is 44.0 Å². The summed E-state index contributed by atoms with van der Waals surface area (Å²) in [7, 11) is -3.17. The number of nitrogens with one attached hydrogen (secondary N) is 2. The lowest BCUT2D eigenvalue weighted by Gasteiger charge is -2.23. The summed E-state index contributed by atoms with van der Waals surface area (Å²) < 4.78 is 22.0. The van der Waals surface area contributed by atoms with Gasteiger partial charge in [0.15, 0.2) is 9.84 Å². The largest absolute Gasteiger partial charge is 0.354 e. The van der Waals surface area contributed by atoms with Crippen molar-refractivity contribution < 1.29 is 13.2 Å². The van der Waals surface area contributed by atoms with E-state index in [0.29, 0.717) is 13.0 Å². The third kappa shape index (κ3) is 6.96. The lowest BCUT2D eigenvalue weighted by atomic mass is 10.1. The lowest BCUT2D eigenvalue weighted by Crippen LogP contribution is -2.45. The molecule has 0 heterocycles. The van der Waals surface area contributed by atoms with Gasteiger partial charge in [-0.2, -0.15) is 0 Å². The Balaban J connectivity index is 4.06. The average Bonchev–Trinajstić information content (AvgIpc) is 2.11. The van der Waals surface area contributed by atoms with Crippen molar-refractivity contribution in [3.8, 4) is 0 Å². The highest BCUT2D eigenvalue weighted by molar-refractivity contribution is 7.92. The van der Waals surface area contributed by atoms with Crippen LogP contribution in [0.4, 0.5) is 0 Å². The summed E-state index contributed by atoms with van der Waals surface area (Å²) in [6.45, 7) is 10.0. The number of amides is 1. The molecule has 0 aromatic rings. The predicted molar refractivity (Wildman–Crippen MR) is 74.3 cm³/mol. The molecule has 6 heteroatoms. The lowest BCUT2D eigenvalue weighted by molar-refractivity contribution is -0.121. The molecule has 2 N–H and O–H groups in total. The van der Waals surface area contributed by atoms with Gasteiger partial charge < -0.3 is 10.6 Å². The molecule has 5 nitrogen and oxygen atoms in total. The normalized spacial score (nSPS) is 13.4. The first kappa shape index (κ1) is 17.4. The maximum Gasteiger partial charge on any atom is 0.221 e. The smallest absolute Gasteiger partial charge is 0.221 e. The molecule has 108 valence electrons. The fourth-order valence-corrected chi connectivity index (χ4v) is 1.42. The standard InChI is InChI=1S/C12H26N2O3S/c1-11(2,3)14-8-7-10(15)13-9-12(4,5)18(6,16)17/h14H,7-9H2,1-6H3,(H,13,15). The molecule has 0 unspecified atom stereocenters. The Hall–Kier alpha value is -0.620. The monoisotopic (exact) mass is 278 g/mol. The van der Waals surface area contributed by atoms with Gasteiger partial charge in [0.1, 0.15) is 0 Å². The van der Waals surface area contributed by atoms with Crippen molar-refractivity contribution in [2.45, 2.75) is 51.3 Å². The highest BCUT2D eigenvalue weighted by Crippen LogP contribution is 2.13. The molecule has 0 fully saturated rings. The second-order valence-electron chi connectivity index (χ2n) is 6.24. The molecule has 18 heavy (non-hydrogen) atoms. The van der Waals surface area contributed by atoms with E-state index in [-0.39, 0.29) is 18.0 Å². The number of hydrogen-bond acceptors (Lipinski definition) is 4. The van der Waals surface area contributed by atoms with Crippen molar-refractivity contribution in [2.75, 3.05) is 19.3 Å². The van der Waals surface area contributed by atoms with E-state index in [2.05, 4.69) is 10.6 Å². The summed E-state index contributed by atoms with van der Waals surface area (Å²) in [6, 6.07) is 0. The molecule has 0 saturated heterocycles. The summed E-state index contributed by atoms with van der Waals surface area (Å²) in [5.74, 6) is -0.136. The van der Waals surface area contributed by atoms with E-state index in [4.69, 9.17) is 0 Å².